The standard InChI is InChI=1S/C21H27FN4O/c1-2-24-21(25-13-12-16-6-4-3-5-7-16)26-15-18(20(23)27)14-17-8-10-19(22)11-9-17/h3-11,18H,2,12-15H2,1H3,(H2,23,27)(H2,24,25,26). The second-order valence-electron chi connectivity index (χ2n) is 6.31. The molecule has 0 radical (unpaired) electrons. The Kier molecular flexibility index (Phi) is 8.29. The number of aliphatic imine (C=N–C) groups is 1. The van der Waals surface area contributed by atoms with Crippen molar-refractivity contribution in [2.24, 2.45) is 16.6 Å². The zero-order valence-corrected chi connectivity index (χ0v) is 15.6. The van der Waals surface area contributed by atoms with E-state index in [9.17, 15) is 9.18 Å². The first-order valence-corrected chi connectivity index (χ1v) is 9.18. The van der Waals surface area contributed by atoms with Crippen molar-refractivity contribution in [3.63, 3.8) is 0 Å². The van der Waals surface area contributed by atoms with Crippen LogP contribution in [0.25, 0.3) is 0 Å². The average molecular weight is 370 g/mol. The van der Waals surface area contributed by atoms with Gasteiger partial charge in [-0.05, 0) is 43.0 Å². The third-order valence-electron chi connectivity index (χ3n) is 4.16. The molecule has 0 saturated heterocycles. The van der Waals surface area contributed by atoms with Gasteiger partial charge in [-0.25, -0.2) is 4.39 Å². The van der Waals surface area contributed by atoms with Crippen molar-refractivity contribution < 1.29 is 9.18 Å². The van der Waals surface area contributed by atoms with Crippen LogP contribution < -0.4 is 16.4 Å². The predicted octanol–water partition coefficient (Wildman–Crippen LogP) is 2.27. The minimum absolute atomic E-state index is 0.271. The number of hydrogen-bond acceptors (Lipinski definition) is 2. The lowest BCUT2D eigenvalue weighted by atomic mass is 9.99. The van der Waals surface area contributed by atoms with Crippen LogP contribution in [0, 0.1) is 11.7 Å². The number of guanidine groups is 1. The van der Waals surface area contributed by atoms with Gasteiger partial charge in [-0.1, -0.05) is 42.5 Å². The van der Waals surface area contributed by atoms with Gasteiger partial charge in [-0.2, -0.15) is 0 Å². The highest BCUT2D eigenvalue weighted by atomic mass is 19.1. The van der Waals surface area contributed by atoms with Crippen LogP contribution in [0.3, 0.4) is 0 Å². The molecule has 0 aliphatic carbocycles. The molecule has 0 heterocycles. The minimum Gasteiger partial charge on any atom is -0.369 e. The van der Waals surface area contributed by atoms with Crippen molar-refractivity contribution in [2.45, 2.75) is 19.8 Å². The maximum absolute atomic E-state index is 13.0. The molecule has 144 valence electrons. The molecule has 0 aromatic heterocycles. The van der Waals surface area contributed by atoms with Crippen molar-refractivity contribution in [1.29, 1.82) is 0 Å². The molecule has 0 saturated carbocycles. The second-order valence-corrected chi connectivity index (χ2v) is 6.31. The van der Waals surface area contributed by atoms with Crippen molar-refractivity contribution in [2.75, 3.05) is 19.6 Å². The molecule has 27 heavy (non-hydrogen) atoms. The van der Waals surface area contributed by atoms with E-state index in [-0.39, 0.29) is 12.4 Å². The van der Waals surface area contributed by atoms with Crippen LogP contribution in [0.2, 0.25) is 0 Å². The third-order valence-corrected chi connectivity index (χ3v) is 4.16. The fourth-order valence-electron chi connectivity index (χ4n) is 2.67. The van der Waals surface area contributed by atoms with Gasteiger partial charge in [0.2, 0.25) is 5.91 Å². The van der Waals surface area contributed by atoms with Crippen LogP contribution in [-0.4, -0.2) is 31.5 Å². The lowest BCUT2D eigenvalue weighted by Gasteiger charge is -2.14. The van der Waals surface area contributed by atoms with Crippen LogP contribution in [0.4, 0.5) is 4.39 Å². The number of carbonyl (C=O) groups excluding carboxylic acids is 1. The van der Waals surface area contributed by atoms with E-state index in [1.54, 1.807) is 12.1 Å². The first kappa shape index (κ1) is 20.4. The summed E-state index contributed by atoms with van der Waals surface area (Å²) >= 11 is 0. The van der Waals surface area contributed by atoms with E-state index < -0.39 is 11.8 Å². The molecular weight excluding hydrogens is 343 g/mol. The number of halogens is 1. The molecule has 1 unspecified atom stereocenters. The van der Waals surface area contributed by atoms with E-state index in [4.69, 9.17) is 5.73 Å². The zero-order chi connectivity index (χ0) is 19.5. The van der Waals surface area contributed by atoms with E-state index >= 15 is 0 Å². The van der Waals surface area contributed by atoms with E-state index in [2.05, 4.69) is 27.8 Å². The summed E-state index contributed by atoms with van der Waals surface area (Å²) in [5.74, 6) is -0.508. The van der Waals surface area contributed by atoms with Gasteiger partial charge in [0.1, 0.15) is 5.82 Å². The molecular formula is C21H27FN4O. The molecule has 0 aliphatic heterocycles. The lowest BCUT2D eigenvalue weighted by molar-refractivity contribution is -0.121. The summed E-state index contributed by atoms with van der Waals surface area (Å²) < 4.78 is 13.0. The maximum Gasteiger partial charge on any atom is 0.222 e. The number of carbonyl (C=O) groups is 1. The molecule has 2 aromatic rings. The molecule has 2 rings (SSSR count). The Hall–Kier alpha value is -2.89. The van der Waals surface area contributed by atoms with Crippen molar-refractivity contribution in [3.8, 4) is 0 Å². The highest BCUT2D eigenvalue weighted by molar-refractivity contribution is 5.81. The Morgan fingerprint density at radius 2 is 1.78 bits per heavy atom. The molecule has 1 atom stereocenters. The predicted molar refractivity (Wildman–Crippen MR) is 107 cm³/mol. The number of benzene rings is 2. The second kappa shape index (κ2) is 11.0. The number of amides is 1. The SMILES string of the molecule is CCNC(=NCC(Cc1ccc(F)cc1)C(N)=O)NCCc1ccccc1. The monoisotopic (exact) mass is 370 g/mol. The van der Waals surface area contributed by atoms with Gasteiger partial charge in [0.25, 0.3) is 0 Å². The molecule has 0 bridgehead atoms. The molecule has 6 heteroatoms. The van der Waals surface area contributed by atoms with Gasteiger partial charge in [0, 0.05) is 13.1 Å². The van der Waals surface area contributed by atoms with Crippen molar-refractivity contribution >= 4 is 11.9 Å². The summed E-state index contributed by atoms with van der Waals surface area (Å²) in [6.07, 6.45) is 1.31. The van der Waals surface area contributed by atoms with E-state index in [1.165, 1.54) is 17.7 Å². The molecule has 0 aliphatic rings. The van der Waals surface area contributed by atoms with E-state index in [1.807, 2.05) is 25.1 Å². The highest BCUT2D eigenvalue weighted by Gasteiger charge is 2.16. The fraction of sp³-hybridized carbons (Fsp3) is 0.333. The van der Waals surface area contributed by atoms with Gasteiger partial charge >= 0.3 is 0 Å². The summed E-state index contributed by atoms with van der Waals surface area (Å²) in [5.41, 5.74) is 7.63. The first-order chi connectivity index (χ1) is 13.1. The average Bonchev–Trinajstić information content (AvgIpc) is 2.67. The highest BCUT2D eigenvalue weighted by Crippen LogP contribution is 2.10. The topological polar surface area (TPSA) is 79.5 Å². The number of primary amides is 1. The van der Waals surface area contributed by atoms with Gasteiger partial charge in [0.15, 0.2) is 5.96 Å². The Balaban J connectivity index is 1.92. The normalized spacial score (nSPS) is 12.4. The number of nitrogens with zero attached hydrogens (tertiary/aromatic N) is 1. The zero-order valence-electron chi connectivity index (χ0n) is 15.6. The molecule has 4 N–H and O–H groups in total. The van der Waals surface area contributed by atoms with Crippen molar-refractivity contribution in [1.82, 2.24) is 10.6 Å². The first-order valence-electron chi connectivity index (χ1n) is 9.18. The third kappa shape index (κ3) is 7.48. The summed E-state index contributed by atoms with van der Waals surface area (Å²) in [6.45, 7) is 3.71. The van der Waals surface area contributed by atoms with Gasteiger partial charge in [0.05, 0.1) is 12.5 Å². The minimum atomic E-state index is -0.444. The van der Waals surface area contributed by atoms with Gasteiger partial charge in [-0.15, -0.1) is 0 Å². The smallest absolute Gasteiger partial charge is 0.222 e. The quantitative estimate of drug-likeness (QED) is 0.468. The van der Waals surface area contributed by atoms with Crippen LogP contribution >= 0.6 is 0 Å². The summed E-state index contributed by atoms with van der Waals surface area (Å²) in [7, 11) is 0. The fourth-order valence-corrected chi connectivity index (χ4v) is 2.67. The van der Waals surface area contributed by atoms with Crippen molar-refractivity contribution in [3.05, 3.63) is 71.5 Å². The summed E-state index contributed by atoms with van der Waals surface area (Å²) in [4.78, 5) is 16.3. The number of rotatable bonds is 9. The van der Waals surface area contributed by atoms with E-state index in [0.717, 1.165) is 25.1 Å². The van der Waals surface area contributed by atoms with Gasteiger partial charge < -0.3 is 16.4 Å². The number of hydrogen-bond donors (Lipinski definition) is 3. The van der Waals surface area contributed by atoms with Gasteiger partial charge in [-0.3, -0.25) is 9.79 Å². The van der Waals surface area contributed by atoms with Crippen LogP contribution in [-0.2, 0) is 17.6 Å². The Bertz CT molecular complexity index is 732. The Morgan fingerprint density at radius 3 is 2.41 bits per heavy atom. The summed E-state index contributed by atoms with van der Waals surface area (Å²) in [5, 5.41) is 6.44. The molecule has 2 aromatic carbocycles. The molecule has 0 spiro atoms. The maximum atomic E-state index is 13.0. The summed E-state index contributed by atoms with van der Waals surface area (Å²) in [6, 6.07) is 16.3. The molecule has 1 amide bonds. The van der Waals surface area contributed by atoms with Crippen LogP contribution in [0.1, 0.15) is 18.1 Å². The lowest BCUT2D eigenvalue weighted by Crippen LogP contribution is -2.39. The molecule has 5 nitrogen and oxygen atoms in total. The number of nitrogens with one attached hydrogen (secondary N) is 2. The number of nitrogens with two attached hydrogens (primary N) is 1. The molecule has 0 fully saturated rings. The van der Waals surface area contributed by atoms with E-state index in [0.29, 0.717) is 12.4 Å². The Morgan fingerprint density at radius 1 is 1.07 bits per heavy atom. The largest absolute Gasteiger partial charge is 0.369 e. The van der Waals surface area contributed by atoms with Crippen LogP contribution in [0.5, 0.6) is 0 Å². The van der Waals surface area contributed by atoms with Crippen LogP contribution in [0.15, 0.2) is 59.6 Å². The Labute approximate surface area is 159 Å².